The van der Waals surface area contributed by atoms with Crippen molar-refractivity contribution in [2.75, 3.05) is 18.0 Å². The standard InChI is InChI=1S/C19H27N5O2/c1-13-16-17(20-12-21-19(16)26-23-13)24-10-8-14(9-11-24)18(25)22-15-6-4-2-3-5-7-15/h12,14-15H,2-11H2,1H3,(H,22,25). The van der Waals surface area contributed by atoms with Crippen LogP contribution in [-0.4, -0.2) is 40.2 Å². The summed E-state index contributed by atoms with van der Waals surface area (Å²) in [6.07, 6.45) is 10.6. The fourth-order valence-corrected chi connectivity index (χ4v) is 4.24. The van der Waals surface area contributed by atoms with E-state index in [9.17, 15) is 4.79 Å². The van der Waals surface area contributed by atoms with Gasteiger partial charge in [-0.05, 0) is 32.6 Å². The van der Waals surface area contributed by atoms with Crippen LogP contribution < -0.4 is 10.2 Å². The molecule has 1 amide bonds. The van der Waals surface area contributed by atoms with E-state index >= 15 is 0 Å². The Hall–Kier alpha value is -2.18. The quantitative estimate of drug-likeness (QED) is 0.850. The number of hydrogen-bond donors (Lipinski definition) is 1. The topological polar surface area (TPSA) is 84.2 Å². The molecule has 3 heterocycles. The van der Waals surface area contributed by atoms with E-state index in [1.807, 2.05) is 6.92 Å². The van der Waals surface area contributed by atoms with E-state index in [-0.39, 0.29) is 11.8 Å². The number of rotatable bonds is 3. The molecule has 0 atom stereocenters. The van der Waals surface area contributed by atoms with Gasteiger partial charge in [0.25, 0.3) is 5.71 Å². The number of piperidine rings is 1. The van der Waals surface area contributed by atoms with E-state index in [0.29, 0.717) is 11.8 Å². The van der Waals surface area contributed by atoms with Gasteiger partial charge in [0.2, 0.25) is 5.91 Å². The van der Waals surface area contributed by atoms with Gasteiger partial charge in [-0.1, -0.05) is 30.8 Å². The number of nitrogens with one attached hydrogen (secondary N) is 1. The van der Waals surface area contributed by atoms with Crippen molar-refractivity contribution in [3.05, 3.63) is 12.0 Å². The van der Waals surface area contributed by atoms with Gasteiger partial charge in [-0.15, -0.1) is 0 Å². The second kappa shape index (κ2) is 7.60. The molecule has 1 N–H and O–H groups in total. The largest absolute Gasteiger partial charge is 0.356 e. The predicted octanol–water partition coefficient (Wildman–Crippen LogP) is 2.98. The minimum atomic E-state index is 0.107. The Morgan fingerprint density at radius 1 is 1.12 bits per heavy atom. The third-order valence-corrected chi connectivity index (χ3v) is 5.79. The Morgan fingerprint density at radius 3 is 2.58 bits per heavy atom. The van der Waals surface area contributed by atoms with Crippen molar-refractivity contribution in [1.82, 2.24) is 20.4 Å². The minimum absolute atomic E-state index is 0.107. The van der Waals surface area contributed by atoms with E-state index in [2.05, 4.69) is 25.3 Å². The summed E-state index contributed by atoms with van der Waals surface area (Å²) in [6.45, 7) is 3.55. The molecule has 2 aromatic heterocycles. The van der Waals surface area contributed by atoms with Crippen molar-refractivity contribution in [1.29, 1.82) is 0 Å². The summed E-state index contributed by atoms with van der Waals surface area (Å²) in [5.74, 6) is 1.22. The van der Waals surface area contributed by atoms with Crippen molar-refractivity contribution in [3.8, 4) is 0 Å². The predicted molar refractivity (Wildman–Crippen MR) is 98.9 cm³/mol. The molecule has 0 radical (unpaired) electrons. The van der Waals surface area contributed by atoms with Crippen molar-refractivity contribution in [2.45, 2.75) is 64.3 Å². The number of anilines is 1. The van der Waals surface area contributed by atoms with Crippen molar-refractivity contribution >= 4 is 22.8 Å². The van der Waals surface area contributed by atoms with E-state index in [1.165, 1.54) is 32.0 Å². The number of amides is 1. The molecule has 2 aliphatic rings. The van der Waals surface area contributed by atoms with Crippen molar-refractivity contribution in [2.24, 2.45) is 5.92 Å². The Bertz CT molecular complexity index is 758. The number of aryl methyl sites for hydroxylation is 1. The summed E-state index contributed by atoms with van der Waals surface area (Å²) >= 11 is 0. The summed E-state index contributed by atoms with van der Waals surface area (Å²) in [6, 6.07) is 0.379. The Kier molecular flexibility index (Phi) is 5.04. The number of aromatic nitrogens is 3. The molecule has 0 bridgehead atoms. The first kappa shape index (κ1) is 17.2. The van der Waals surface area contributed by atoms with Crippen LogP contribution in [0.1, 0.15) is 57.1 Å². The van der Waals surface area contributed by atoms with Gasteiger partial charge >= 0.3 is 0 Å². The number of carbonyl (C=O) groups excluding carboxylic acids is 1. The number of hydrogen-bond acceptors (Lipinski definition) is 6. The molecular weight excluding hydrogens is 330 g/mol. The van der Waals surface area contributed by atoms with Gasteiger partial charge in [-0.2, -0.15) is 4.98 Å². The van der Waals surface area contributed by atoms with Crippen LogP contribution in [0.25, 0.3) is 11.1 Å². The molecule has 7 nitrogen and oxygen atoms in total. The summed E-state index contributed by atoms with van der Waals surface area (Å²) in [4.78, 5) is 23.5. The highest BCUT2D eigenvalue weighted by Gasteiger charge is 2.28. The molecule has 1 saturated heterocycles. The van der Waals surface area contributed by atoms with Crippen molar-refractivity contribution in [3.63, 3.8) is 0 Å². The lowest BCUT2D eigenvalue weighted by molar-refractivity contribution is -0.126. The second-order valence-electron chi connectivity index (χ2n) is 7.60. The molecule has 26 heavy (non-hydrogen) atoms. The van der Waals surface area contributed by atoms with E-state index < -0.39 is 0 Å². The van der Waals surface area contributed by atoms with Crippen LogP contribution in [0.3, 0.4) is 0 Å². The highest BCUT2D eigenvalue weighted by Crippen LogP contribution is 2.29. The van der Waals surface area contributed by atoms with Gasteiger partial charge in [-0.3, -0.25) is 4.79 Å². The maximum absolute atomic E-state index is 12.7. The van der Waals surface area contributed by atoms with Gasteiger partial charge in [0.1, 0.15) is 17.5 Å². The van der Waals surface area contributed by atoms with Gasteiger partial charge < -0.3 is 14.7 Å². The summed E-state index contributed by atoms with van der Waals surface area (Å²) in [5, 5.41) is 8.19. The molecule has 140 valence electrons. The van der Waals surface area contributed by atoms with Gasteiger partial charge in [0, 0.05) is 25.0 Å². The lowest BCUT2D eigenvalue weighted by Gasteiger charge is -2.33. The van der Waals surface area contributed by atoms with Crippen LogP contribution in [0, 0.1) is 12.8 Å². The fraction of sp³-hybridized carbons (Fsp3) is 0.684. The fourth-order valence-electron chi connectivity index (χ4n) is 4.24. The normalized spacial score (nSPS) is 20.3. The lowest BCUT2D eigenvalue weighted by atomic mass is 9.95. The molecular formula is C19H27N5O2. The van der Waals surface area contributed by atoms with E-state index in [0.717, 1.165) is 55.7 Å². The molecule has 2 aromatic rings. The highest BCUT2D eigenvalue weighted by molar-refractivity contribution is 5.88. The minimum Gasteiger partial charge on any atom is -0.356 e. The molecule has 1 saturated carbocycles. The van der Waals surface area contributed by atoms with Crippen LogP contribution in [-0.2, 0) is 4.79 Å². The molecule has 0 aromatic carbocycles. The molecule has 4 rings (SSSR count). The molecule has 7 heteroatoms. The van der Waals surface area contributed by atoms with Crippen LogP contribution in [0.4, 0.5) is 5.82 Å². The summed E-state index contributed by atoms with van der Waals surface area (Å²) in [7, 11) is 0. The average molecular weight is 357 g/mol. The zero-order valence-corrected chi connectivity index (χ0v) is 15.4. The van der Waals surface area contributed by atoms with Crippen LogP contribution in [0.5, 0.6) is 0 Å². The zero-order valence-electron chi connectivity index (χ0n) is 15.4. The summed E-state index contributed by atoms with van der Waals surface area (Å²) < 4.78 is 5.24. The van der Waals surface area contributed by atoms with Gasteiger partial charge in [0.15, 0.2) is 0 Å². The average Bonchev–Trinajstić information content (AvgIpc) is 2.88. The first-order chi connectivity index (χ1) is 12.7. The third kappa shape index (κ3) is 3.52. The third-order valence-electron chi connectivity index (χ3n) is 5.79. The number of nitrogens with zero attached hydrogens (tertiary/aromatic N) is 4. The molecule has 2 fully saturated rings. The van der Waals surface area contributed by atoms with Crippen LogP contribution >= 0.6 is 0 Å². The first-order valence-corrected chi connectivity index (χ1v) is 9.84. The lowest BCUT2D eigenvalue weighted by Crippen LogP contribution is -2.44. The van der Waals surface area contributed by atoms with Crippen LogP contribution in [0.15, 0.2) is 10.9 Å². The number of carbonyl (C=O) groups is 1. The van der Waals surface area contributed by atoms with E-state index in [1.54, 1.807) is 0 Å². The Balaban J connectivity index is 1.37. The molecule has 1 aliphatic carbocycles. The summed E-state index contributed by atoms with van der Waals surface area (Å²) in [5.41, 5.74) is 1.34. The Morgan fingerprint density at radius 2 is 1.85 bits per heavy atom. The molecule has 0 unspecified atom stereocenters. The Labute approximate surface area is 153 Å². The maximum atomic E-state index is 12.7. The highest BCUT2D eigenvalue weighted by atomic mass is 16.5. The van der Waals surface area contributed by atoms with Gasteiger partial charge in [-0.25, -0.2) is 4.98 Å². The molecule has 1 aliphatic heterocycles. The maximum Gasteiger partial charge on any atom is 0.263 e. The van der Waals surface area contributed by atoms with Crippen LogP contribution in [0.2, 0.25) is 0 Å². The molecule has 0 spiro atoms. The van der Waals surface area contributed by atoms with E-state index in [4.69, 9.17) is 4.52 Å². The monoisotopic (exact) mass is 357 g/mol. The number of fused-ring (bicyclic) bond motifs is 1. The smallest absolute Gasteiger partial charge is 0.263 e. The van der Waals surface area contributed by atoms with Crippen molar-refractivity contribution < 1.29 is 9.32 Å². The second-order valence-corrected chi connectivity index (χ2v) is 7.60. The SMILES string of the molecule is Cc1noc2ncnc(N3CCC(C(=O)NC4CCCCCC4)CC3)c12. The zero-order chi connectivity index (χ0) is 17.9. The first-order valence-electron chi connectivity index (χ1n) is 9.84. The van der Waals surface area contributed by atoms with Gasteiger partial charge in [0.05, 0.1) is 5.69 Å².